The molecule has 1 N–H and O–H groups in total. The van der Waals surface area contributed by atoms with Crippen molar-refractivity contribution in [3.05, 3.63) is 81.9 Å². The summed E-state index contributed by atoms with van der Waals surface area (Å²) in [4.78, 5) is 31.2. The lowest BCUT2D eigenvalue weighted by atomic mass is 9.89. The number of hydrogen-bond donors (Lipinski definition) is 1. The molecule has 0 saturated carbocycles. The largest absolute Gasteiger partial charge is 0.383 e. The number of pyridine rings is 1. The Morgan fingerprint density at radius 1 is 1.19 bits per heavy atom. The quantitative estimate of drug-likeness (QED) is 0.765. The van der Waals surface area contributed by atoms with Crippen LogP contribution in [0.1, 0.15) is 27.9 Å². The molecule has 0 radical (unpaired) electrons. The molecular weight excluding hydrogens is 330 g/mol. The lowest BCUT2D eigenvalue weighted by molar-refractivity contribution is 0.0412. The summed E-state index contributed by atoms with van der Waals surface area (Å²) in [5, 5.41) is 11.1. The van der Waals surface area contributed by atoms with E-state index >= 15 is 0 Å². The van der Waals surface area contributed by atoms with E-state index in [1.807, 2.05) is 31.2 Å². The summed E-state index contributed by atoms with van der Waals surface area (Å²) in [7, 11) is 0. The average molecular weight is 349 g/mol. The van der Waals surface area contributed by atoms with Gasteiger partial charge >= 0.3 is 0 Å². The zero-order valence-electron chi connectivity index (χ0n) is 14.4. The molecule has 132 valence electrons. The Kier molecular flexibility index (Phi) is 3.85. The van der Waals surface area contributed by atoms with E-state index in [-0.39, 0.29) is 12.1 Å². The molecule has 1 aromatic carbocycles. The molecule has 1 amide bonds. The van der Waals surface area contributed by atoms with Crippen LogP contribution in [-0.2, 0) is 5.60 Å². The Balaban J connectivity index is 1.66. The molecule has 4 rings (SSSR count). The molecule has 3 heterocycles. The third-order valence-corrected chi connectivity index (χ3v) is 5.03. The molecule has 1 atom stereocenters. The van der Waals surface area contributed by atoms with E-state index < -0.39 is 17.1 Å². The number of β-amino-alcohol motifs (C(OH)–C–C–N with tert-alkyl or cyclic N) is 1. The van der Waals surface area contributed by atoms with Gasteiger partial charge < -0.3 is 10.0 Å². The lowest BCUT2D eigenvalue weighted by Crippen LogP contribution is -2.37. The molecule has 1 fully saturated rings. The third kappa shape index (κ3) is 2.59. The van der Waals surface area contributed by atoms with Crippen LogP contribution in [0.15, 0.2) is 59.7 Å². The highest BCUT2D eigenvalue weighted by Crippen LogP contribution is 2.34. The van der Waals surface area contributed by atoms with Gasteiger partial charge in [-0.05, 0) is 36.6 Å². The summed E-state index contributed by atoms with van der Waals surface area (Å²) >= 11 is 0. The van der Waals surface area contributed by atoms with Crippen molar-refractivity contribution in [1.29, 1.82) is 0 Å². The van der Waals surface area contributed by atoms with Gasteiger partial charge in [-0.25, -0.2) is 4.98 Å². The Morgan fingerprint density at radius 2 is 1.96 bits per heavy atom. The maximum atomic E-state index is 12.9. The number of likely N-dealkylation sites (tertiary alicyclic amines) is 1. The van der Waals surface area contributed by atoms with Crippen LogP contribution in [0.2, 0.25) is 0 Å². The van der Waals surface area contributed by atoms with Gasteiger partial charge in [0.2, 0.25) is 0 Å². The Hall–Kier alpha value is -2.99. The fourth-order valence-corrected chi connectivity index (χ4v) is 3.63. The topological polar surface area (TPSA) is 74.9 Å². The standard InChI is InChI=1S/C20H19N3O3/c1-14-6-2-3-7-16(14)20(26)9-11-22(13-20)18(24)15-12-21-17-8-4-5-10-23(17)19(15)25/h2-8,10,12,26H,9,11,13H2,1H3. The number of aryl methyl sites for hydroxylation is 1. The van der Waals surface area contributed by atoms with Crippen molar-refractivity contribution < 1.29 is 9.90 Å². The van der Waals surface area contributed by atoms with E-state index in [9.17, 15) is 14.7 Å². The lowest BCUT2D eigenvalue weighted by Gasteiger charge is -2.25. The normalized spacial score (nSPS) is 19.8. The Bertz CT molecular complexity index is 1060. The van der Waals surface area contributed by atoms with E-state index in [1.165, 1.54) is 15.5 Å². The van der Waals surface area contributed by atoms with Gasteiger partial charge in [-0.15, -0.1) is 0 Å². The monoisotopic (exact) mass is 349 g/mol. The smallest absolute Gasteiger partial charge is 0.270 e. The fraction of sp³-hybridized carbons (Fsp3) is 0.250. The molecule has 2 aromatic heterocycles. The number of fused-ring (bicyclic) bond motifs is 1. The van der Waals surface area contributed by atoms with Crippen molar-refractivity contribution in [2.24, 2.45) is 0 Å². The van der Waals surface area contributed by atoms with E-state index in [1.54, 1.807) is 24.4 Å². The molecule has 6 heteroatoms. The summed E-state index contributed by atoms with van der Waals surface area (Å²) in [6.07, 6.45) is 3.35. The first-order valence-corrected chi connectivity index (χ1v) is 8.54. The van der Waals surface area contributed by atoms with Crippen molar-refractivity contribution in [1.82, 2.24) is 14.3 Å². The van der Waals surface area contributed by atoms with E-state index in [0.29, 0.717) is 18.6 Å². The number of aliphatic hydroxyl groups is 1. The summed E-state index contributed by atoms with van der Waals surface area (Å²) in [6.45, 7) is 2.49. The Labute approximate surface area is 150 Å². The van der Waals surface area contributed by atoms with Crippen LogP contribution >= 0.6 is 0 Å². The van der Waals surface area contributed by atoms with Crippen molar-refractivity contribution in [3.8, 4) is 0 Å². The number of aromatic nitrogens is 2. The highest BCUT2D eigenvalue weighted by molar-refractivity contribution is 5.94. The molecular formula is C20H19N3O3. The summed E-state index contributed by atoms with van der Waals surface area (Å²) in [5.74, 6) is -0.398. The molecule has 0 bridgehead atoms. The first kappa shape index (κ1) is 16.5. The minimum Gasteiger partial charge on any atom is -0.383 e. The first-order chi connectivity index (χ1) is 12.5. The number of carbonyl (C=O) groups excluding carboxylic acids is 1. The van der Waals surface area contributed by atoms with Gasteiger partial charge in [0.1, 0.15) is 16.8 Å². The van der Waals surface area contributed by atoms with Gasteiger partial charge in [-0.1, -0.05) is 30.3 Å². The van der Waals surface area contributed by atoms with Crippen LogP contribution in [-0.4, -0.2) is 38.4 Å². The molecule has 1 saturated heterocycles. The molecule has 1 unspecified atom stereocenters. The van der Waals surface area contributed by atoms with Gasteiger partial charge in [0.15, 0.2) is 0 Å². The molecule has 6 nitrogen and oxygen atoms in total. The summed E-state index contributed by atoms with van der Waals surface area (Å²) in [5.41, 5.74) is 0.823. The fourth-order valence-electron chi connectivity index (χ4n) is 3.63. The highest BCUT2D eigenvalue weighted by atomic mass is 16.3. The van der Waals surface area contributed by atoms with Gasteiger partial charge in [0, 0.05) is 18.9 Å². The van der Waals surface area contributed by atoms with E-state index in [2.05, 4.69) is 4.98 Å². The average Bonchev–Trinajstić information content (AvgIpc) is 3.05. The number of carbonyl (C=O) groups is 1. The van der Waals surface area contributed by atoms with Gasteiger partial charge in [0.05, 0.1) is 6.54 Å². The van der Waals surface area contributed by atoms with Crippen LogP contribution in [0.5, 0.6) is 0 Å². The van der Waals surface area contributed by atoms with Gasteiger partial charge in [0.25, 0.3) is 11.5 Å². The predicted molar refractivity (Wildman–Crippen MR) is 97.1 cm³/mol. The summed E-state index contributed by atoms with van der Waals surface area (Å²) < 4.78 is 1.36. The molecule has 26 heavy (non-hydrogen) atoms. The van der Waals surface area contributed by atoms with Crippen molar-refractivity contribution in [2.45, 2.75) is 18.9 Å². The van der Waals surface area contributed by atoms with Crippen LogP contribution < -0.4 is 5.56 Å². The molecule has 1 aliphatic rings. The zero-order valence-corrected chi connectivity index (χ0v) is 14.4. The maximum Gasteiger partial charge on any atom is 0.270 e. The first-order valence-electron chi connectivity index (χ1n) is 8.54. The number of hydrogen-bond acceptors (Lipinski definition) is 4. The minimum absolute atomic E-state index is 0.0164. The molecule has 0 spiro atoms. The number of amides is 1. The predicted octanol–water partition coefficient (Wildman–Crippen LogP) is 1.74. The molecule has 3 aromatic rings. The molecule has 1 aliphatic heterocycles. The van der Waals surface area contributed by atoms with Crippen LogP contribution in [0.3, 0.4) is 0 Å². The zero-order chi connectivity index (χ0) is 18.3. The Morgan fingerprint density at radius 3 is 2.77 bits per heavy atom. The number of nitrogens with zero attached hydrogens (tertiary/aromatic N) is 3. The van der Waals surface area contributed by atoms with Gasteiger partial charge in [-0.2, -0.15) is 0 Å². The third-order valence-electron chi connectivity index (χ3n) is 5.03. The summed E-state index contributed by atoms with van der Waals surface area (Å²) in [6, 6.07) is 12.8. The van der Waals surface area contributed by atoms with Crippen LogP contribution in [0, 0.1) is 6.92 Å². The van der Waals surface area contributed by atoms with Gasteiger partial charge in [-0.3, -0.25) is 14.0 Å². The van der Waals surface area contributed by atoms with Crippen molar-refractivity contribution >= 4 is 11.6 Å². The number of benzene rings is 1. The second kappa shape index (κ2) is 6.07. The van der Waals surface area contributed by atoms with Crippen molar-refractivity contribution in [2.75, 3.05) is 13.1 Å². The minimum atomic E-state index is -1.10. The number of rotatable bonds is 2. The van der Waals surface area contributed by atoms with E-state index in [4.69, 9.17) is 0 Å². The molecule has 0 aliphatic carbocycles. The van der Waals surface area contributed by atoms with Crippen LogP contribution in [0.4, 0.5) is 0 Å². The van der Waals surface area contributed by atoms with Crippen LogP contribution in [0.25, 0.3) is 5.65 Å². The SMILES string of the molecule is Cc1ccccc1C1(O)CCN(C(=O)c2cnc3ccccn3c2=O)C1. The highest BCUT2D eigenvalue weighted by Gasteiger charge is 2.41. The van der Waals surface area contributed by atoms with E-state index in [0.717, 1.165) is 11.1 Å². The maximum absolute atomic E-state index is 12.9. The van der Waals surface area contributed by atoms with Crippen molar-refractivity contribution in [3.63, 3.8) is 0 Å². The second-order valence-electron chi connectivity index (χ2n) is 6.73. The second-order valence-corrected chi connectivity index (χ2v) is 6.73.